The van der Waals surface area contributed by atoms with Gasteiger partial charge in [-0.15, -0.1) is 0 Å². The zero-order valence-electron chi connectivity index (χ0n) is 12.5. The van der Waals surface area contributed by atoms with Crippen LogP contribution in [-0.4, -0.2) is 43.2 Å². The highest BCUT2D eigenvalue weighted by Crippen LogP contribution is 2.25. The molecule has 3 nitrogen and oxygen atoms in total. The summed E-state index contributed by atoms with van der Waals surface area (Å²) in [5.41, 5.74) is 7.51. The van der Waals surface area contributed by atoms with E-state index in [2.05, 4.69) is 47.1 Å². The fraction of sp³-hybridized carbons (Fsp3) is 0.647. The maximum absolute atomic E-state index is 6.13. The second kappa shape index (κ2) is 6.15. The molecular formula is C17H27N3. The number of hydrogen-bond donors (Lipinski definition) is 1. The fourth-order valence-electron chi connectivity index (χ4n) is 3.66. The number of nitrogens with zero attached hydrogens (tertiary/aromatic N) is 2. The van der Waals surface area contributed by atoms with Crippen molar-refractivity contribution in [1.29, 1.82) is 0 Å². The van der Waals surface area contributed by atoms with Crippen molar-refractivity contribution in [1.82, 2.24) is 4.90 Å². The van der Waals surface area contributed by atoms with Gasteiger partial charge in [-0.2, -0.15) is 0 Å². The predicted octanol–water partition coefficient (Wildman–Crippen LogP) is 2.32. The zero-order valence-corrected chi connectivity index (χ0v) is 12.5. The molecule has 2 fully saturated rings. The van der Waals surface area contributed by atoms with Gasteiger partial charge in [0.1, 0.15) is 0 Å². The molecule has 0 spiro atoms. The van der Waals surface area contributed by atoms with Crippen molar-refractivity contribution in [3.8, 4) is 0 Å². The molecule has 2 aliphatic rings. The Hall–Kier alpha value is -1.06. The molecule has 0 aromatic heterocycles. The Labute approximate surface area is 122 Å². The number of anilines is 1. The van der Waals surface area contributed by atoms with Crippen molar-refractivity contribution >= 4 is 5.69 Å². The summed E-state index contributed by atoms with van der Waals surface area (Å²) >= 11 is 0. The number of hydrogen-bond acceptors (Lipinski definition) is 3. The van der Waals surface area contributed by atoms with Crippen LogP contribution in [0.5, 0.6) is 0 Å². The molecule has 0 amide bonds. The maximum atomic E-state index is 6.13. The van der Waals surface area contributed by atoms with Crippen LogP contribution >= 0.6 is 0 Å². The Morgan fingerprint density at radius 1 is 1.00 bits per heavy atom. The van der Waals surface area contributed by atoms with Gasteiger partial charge in [0.25, 0.3) is 0 Å². The van der Waals surface area contributed by atoms with E-state index in [4.69, 9.17) is 5.73 Å². The lowest BCUT2D eigenvalue weighted by atomic mass is 9.91. The van der Waals surface area contributed by atoms with Crippen LogP contribution in [-0.2, 0) is 0 Å². The standard InChI is InChI=1S/C17H27N3/c1-14-13-20(12-9-17(14)18)16-7-10-19(11-8-16)15-5-3-2-4-6-15/h2-6,14,16-17H,7-13,18H2,1H3. The van der Waals surface area contributed by atoms with Crippen LogP contribution in [0.2, 0.25) is 0 Å². The first-order chi connectivity index (χ1) is 9.74. The molecule has 1 aromatic carbocycles. The number of likely N-dealkylation sites (tertiary alicyclic amines) is 1. The Balaban J connectivity index is 1.54. The van der Waals surface area contributed by atoms with Crippen molar-refractivity contribution < 1.29 is 0 Å². The Bertz CT molecular complexity index is 412. The van der Waals surface area contributed by atoms with E-state index in [-0.39, 0.29) is 0 Å². The minimum atomic E-state index is 0.413. The molecule has 2 saturated heterocycles. The maximum Gasteiger partial charge on any atom is 0.0366 e. The van der Waals surface area contributed by atoms with E-state index < -0.39 is 0 Å². The van der Waals surface area contributed by atoms with Gasteiger partial charge in [-0.05, 0) is 43.9 Å². The number of nitrogens with two attached hydrogens (primary N) is 1. The molecular weight excluding hydrogens is 246 g/mol. The Morgan fingerprint density at radius 3 is 2.35 bits per heavy atom. The number of benzene rings is 1. The molecule has 2 unspecified atom stereocenters. The average molecular weight is 273 g/mol. The van der Waals surface area contributed by atoms with Gasteiger partial charge in [0, 0.05) is 37.4 Å². The second-order valence-corrected chi connectivity index (χ2v) is 6.48. The van der Waals surface area contributed by atoms with Crippen molar-refractivity contribution in [2.75, 3.05) is 31.1 Å². The van der Waals surface area contributed by atoms with Crippen molar-refractivity contribution in [3.63, 3.8) is 0 Å². The number of rotatable bonds is 2. The molecule has 0 saturated carbocycles. The third kappa shape index (κ3) is 2.99. The van der Waals surface area contributed by atoms with Gasteiger partial charge < -0.3 is 10.6 Å². The number of para-hydroxylation sites is 1. The lowest BCUT2D eigenvalue weighted by Crippen LogP contribution is -2.52. The summed E-state index contributed by atoms with van der Waals surface area (Å²) in [6, 6.07) is 12.0. The Morgan fingerprint density at radius 2 is 1.70 bits per heavy atom. The van der Waals surface area contributed by atoms with Crippen LogP contribution in [0.1, 0.15) is 26.2 Å². The van der Waals surface area contributed by atoms with Gasteiger partial charge >= 0.3 is 0 Å². The smallest absolute Gasteiger partial charge is 0.0366 e. The van der Waals surface area contributed by atoms with E-state index in [1.807, 2.05) is 0 Å². The third-order valence-corrected chi connectivity index (χ3v) is 5.11. The molecule has 2 aliphatic heterocycles. The second-order valence-electron chi connectivity index (χ2n) is 6.48. The van der Waals surface area contributed by atoms with Gasteiger partial charge in [0.2, 0.25) is 0 Å². The summed E-state index contributed by atoms with van der Waals surface area (Å²) in [5.74, 6) is 0.649. The summed E-state index contributed by atoms with van der Waals surface area (Å²) in [6.45, 7) is 7.06. The topological polar surface area (TPSA) is 32.5 Å². The zero-order chi connectivity index (χ0) is 13.9. The predicted molar refractivity (Wildman–Crippen MR) is 85.0 cm³/mol. The molecule has 110 valence electrons. The van der Waals surface area contributed by atoms with E-state index in [9.17, 15) is 0 Å². The van der Waals surface area contributed by atoms with Crippen LogP contribution in [0.3, 0.4) is 0 Å². The van der Waals surface area contributed by atoms with E-state index in [0.717, 1.165) is 6.04 Å². The van der Waals surface area contributed by atoms with Gasteiger partial charge in [-0.1, -0.05) is 25.1 Å². The van der Waals surface area contributed by atoms with E-state index >= 15 is 0 Å². The van der Waals surface area contributed by atoms with Crippen molar-refractivity contribution in [3.05, 3.63) is 30.3 Å². The lowest BCUT2D eigenvalue weighted by molar-refractivity contribution is 0.101. The molecule has 0 radical (unpaired) electrons. The van der Waals surface area contributed by atoms with Crippen molar-refractivity contribution in [2.24, 2.45) is 11.7 Å². The van der Waals surface area contributed by atoms with Crippen LogP contribution in [0.4, 0.5) is 5.69 Å². The first-order valence-corrected chi connectivity index (χ1v) is 8.03. The van der Waals surface area contributed by atoms with Crippen LogP contribution in [0.25, 0.3) is 0 Å². The molecule has 2 heterocycles. The number of piperidine rings is 2. The lowest BCUT2D eigenvalue weighted by Gasteiger charge is -2.44. The highest BCUT2D eigenvalue weighted by Gasteiger charge is 2.30. The van der Waals surface area contributed by atoms with E-state index in [1.54, 1.807) is 0 Å². The molecule has 0 bridgehead atoms. The normalized spacial score (nSPS) is 29.6. The molecule has 3 heteroatoms. The van der Waals surface area contributed by atoms with Gasteiger partial charge in [0.15, 0.2) is 0 Å². The summed E-state index contributed by atoms with van der Waals surface area (Å²) in [7, 11) is 0. The van der Waals surface area contributed by atoms with Gasteiger partial charge in [-0.3, -0.25) is 4.90 Å². The van der Waals surface area contributed by atoms with Crippen LogP contribution in [0, 0.1) is 5.92 Å². The quantitative estimate of drug-likeness (QED) is 0.897. The first kappa shape index (κ1) is 13.9. The SMILES string of the molecule is CC1CN(C2CCN(c3ccccc3)CC2)CCC1N. The molecule has 3 rings (SSSR count). The third-order valence-electron chi connectivity index (χ3n) is 5.11. The minimum Gasteiger partial charge on any atom is -0.371 e. The molecule has 0 aliphatic carbocycles. The molecule has 1 aromatic rings. The largest absolute Gasteiger partial charge is 0.371 e. The van der Waals surface area contributed by atoms with Crippen LogP contribution in [0.15, 0.2) is 30.3 Å². The summed E-state index contributed by atoms with van der Waals surface area (Å²) in [6.07, 6.45) is 3.74. The fourth-order valence-corrected chi connectivity index (χ4v) is 3.66. The van der Waals surface area contributed by atoms with Crippen LogP contribution < -0.4 is 10.6 Å². The summed E-state index contributed by atoms with van der Waals surface area (Å²) < 4.78 is 0. The van der Waals surface area contributed by atoms with E-state index in [0.29, 0.717) is 12.0 Å². The minimum absolute atomic E-state index is 0.413. The first-order valence-electron chi connectivity index (χ1n) is 8.03. The van der Waals surface area contributed by atoms with Crippen molar-refractivity contribution in [2.45, 2.75) is 38.3 Å². The summed E-state index contributed by atoms with van der Waals surface area (Å²) in [4.78, 5) is 5.21. The highest BCUT2D eigenvalue weighted by atomic mass is 15.2. The highest BCUT2D eigenvalue weighted by molar-refractivity contribution is 5.46. The summed E-state index contributed by atoms with van der Waals surface area (Å²) in [5, 5.41) is 0. The average Bonchev–Trinajstić information content (AvgIpc) is 2.51. The molecule has 2 atom stereocenters. The van der Waals surface area contributed by atoms with E-state index in [1.165, 1.54) is 51.1 Å². The monoisotopic (exact) mass is 273 g/mol. The molecule has 20 heavy (non-hydrogen) atoms. The van der Waals surface area contributed by atoms with Gasteiger partial charge in [0.05, 0.1) is 0 Å². The van der Waals surface area contributed by atoms with Gasteiger partial charge in [-0.25, -0.2) is 0 Å². The molecule has 2 N–H and O–H groups in total. The Kier molecular flexibility index (Phi) is 4.27.